The predicted octanol–water partition coefficient (Wildman–Crippen LogP) is 5.90. The minimum absolute atomic E-state index is 0.260. The van der Waals surface area contributed by atoms with E-state index in [1.54, 1.807) is 4.90 Å². The number of ether oxygens (including phenoxy) is 1. The number of piperazine rings is 1. The SMILES string of the molecule is CCC(C)c1ccccc1NC(=O)Nc1ccc(N2CCN(C(=O)OC(C)(C)C)CC2)cc1. The van der Waals surface area contributed by atoms with Gasteiger partial charge in [0.2, 0.25) is 0 Å². The molecular weight excluding hydrogens is 416 g/mol. The minimum atomic E-state index is -0.486. The number of urea groups is 1. The van der Waals surface area contributed by atoms with Gasteiger partial charge in [-0.25, -0.2) is 9.59 Å². The number of rotatable bonds is 5. The summed E-state index contributed by atoms with van der Waals surface area (Å²) in [6.07, 6.45) is 0.746. The van der Waals surface area contributed by atoms with Crippen LogP contribution < -0.4 is 15.5 Å². The lowest BCUT2D eigenvalue weighted by atomic mass is 9.97. The Hall–Kier alpha value is -3.22. The number of hydrogen-bond acceptors (Lipinski definition) is 4. The molecule has 3 amide bonds. The van der Waals surface area contributed by atoms with E-state index in [1.165, 1.54) is 0 Å². The Kier molecular flexibility index (Phi) is 7.84. The molecule has 1 fully saturated rings. The van der Waals surface area contributed by atoms with Gasteiger partial charge in [0.25, 0.3) is 0 Å². The number of anilines is 3. The van der Waals surface area contributed by atoms with Crippen molar-refractivity contribution in [2.45, 2.75) is 52.6 Å². The van der Waals surface area contributed by atoms with E-state index in [0.29, 0.717) is 19.0 Å². The van der Waals surface area contributed by atoms with Crippen molar-refractivity contribution in [3.63, 3.8) is 0 Å². The summed E-state index contributed by atoms with van der Waals surface area (Å²) in [6, 6.07) is 15.4. The molecule has 0 radical (unpaired) electrons. The van der Waals surface area contributed by atoms with Gasteiger partial charge in [-0.1, -0.05) is 32.0 Å². The van der Waals surface area contributed by atoms with Crippen LogP contribution in [0, 0.1) is 0 Å². The monoisotopic (exact) mass is 452 g/mol. The first-order chi connectivity index (χ1) is 15.7. The van der Waals surface area contributed by atoms with Crippen molar-refractivity contribution in [1.82, 2.24) is 4.90 Å². The second-order valence-electron chi connectivity index (χ2n) is 9.48. The molecule has 0 spiro atoms. The molecule has 0 saturated carbocycles. The third kappa shape index (κ3) is 6.88. The molecule has 0 bridgehead atoms. The van der Waals surface area contributed by atoms with Crippen LogP contribution in [0.25, 0.3) is 0 Å². The van der Waals surface area contributed by atoms with E-state index >= 15 is 0 Å². The van der Waals surface area contributed by atoms with Crippen LogP contribution in [-0.2, 0) is 4.74 Å². The third-order valence-electron chi connectivity index (χ3n) is 5.77. The van der Waals surface area contributed by atoms with Crippen LogP contribution in [-0.4, -0.2) is 48.8 Å². The van der Waals surface area contributed by atoms with E-state index in [9.17, 15) is 9.59 Å². The number of carbonyl (C=O) groups is 2. The van der Waals surface area contributed by atoms with Gasteiger partial charge in [0, 0.05) is 43.2 Å². The molecule has 2 aromatic carbocycles. The van der Waals surface area contributed by atoms with Crippen molar-refractivity contribution < 1.29 is 14.3 Å². The Bertz CT molecular complexity index is 945. The molecule has 2 N–H and O–H groups in total. The maximum atomic E-state index is 12.5. The molecule has 1 atom stereocenters. The van der Waals surface area contributed by atoms with Crippen molar-refractivity contribution in [2.75, 3.05) is 41.7 Å². The van der Waals surface area contributed by atoms with Crippen LogP contribution in [0.3, 0.4) is 0 Å². The molecule has 178 valence electrons. The number of nitrogens with one attached hydrogen (secondary N) is 2. The lowest BCUT2D eigenvalue weighted by molar-refractivity contribution is 0.0240. The summed E-state index contributed by atoms with van der Waals surface area (Å²) >= 11 is 0. The van der Waals surface area contributed by atoms with E-state index < -0.39 is 5.60 Å². The van der Waals surface area contributed by atoms with Crippen molar-refractivity contribution in [2.24, 2.45) is 0 Å². The Morgan fingerprint density at radius 1 is 0.970 bits per heavy atom. The largest absolute Gasteiger partial charge is 0.444 e. The molecule has 1 saturated heterocycles. The number of para-hydroxylation sites is 1. The smallest absolute Gasteiger partial charge is 0.410 e. The normalized spacial score (nSPS) is 15.1. The van der Waals surface area contributed by atoms with Crippen molar-refractivity contribution in [1.29, 1.82) is 0 Å². The first-order valence-corrected chi connectivity index (χ1v) is 11.7. The Morgan fingerprint density at radius 2 is 1.61 bits per heavy atom. The molecule has 3 rings (SSSR count). The minimum Gasteiger partial charge on any atom is -0.444 e. The molecule has 1 aliphatic heterocycles. The first kappa shape index (κ1) is 24.4. The van der Waals surface area contributed by atoms with Crippen molar-refractivity contribution >= 4 is 29.2 Å². The maximum absolute atomic E-state index is 12.5. The number of hydrogen-bond donors (Lipinski definition) is 2. The van der Waals surface area contributed by atoms with E-state index in [1.807, 2.05) is 63.2 Å². The standard InChI is InChI=1S/C26H36N4O3/c1-6-19(2)22-9-7-8-10-23(22)28-24(31)27-20-11-13-21(14-12-20)29-15-17-30(18-16-29)25(32)33-26(3,4)5/h7-14,19H,6,15-18H2,1-5H3,(H2,27,28,31). The molecular formula is C26H36N4O3. The fourth-order valence-electron chi connectivity index (χ4n) is 3.77. The summed E-state index contributed by atoms with van der Waals surface area (Å²) in [4.78, 5) is 28.8. The van der Waals surface area contributed by atoms with Gasteiger partial charge >= 0.3 is 12.1 Å². The van der Waals surface area contributed by atoms with Crippen LogP contribution in [0.5, 0.6) is 0 Å². The summed E-state index contributed by atoms with van der Waals surface area (Å²) in [6.45, 7) is 12.6. The van der Waals surface area contributed by atoms with Crippen LogP contribution >= 0.6 is 0 Å². The second kappa shape index (κ2) is 10.6. The zero-order valence-corrected chi connectivity index (χ0v) is 20.4. The average Bonchev–Trinajstić information content (AvgIpc) is 2.78. The second-order valence-corrected chi connectivity index (χ2v) is 9.48. The highest BCUT2D eigenvalue weighted by atomic mass is 16.6. The lowest BCUT2D eigenvalue weighted by Crippen LogP contribution is -2.50. The molecule has 7 heteroatoms. The fraction of sp³-hybridized carbons (Fsp3) is 0.462. The molecule has 33 heavy (non-hydrogen) atoms. The summed E-state index contributed by atoms with van der Waals surface area (Å²) in [5, 5.41) is 5.88. The average molecular weight is 453 g/mol. The fourth-order valence-corrected chi connectivity index (χ4v) is 3.77. The molecule has 2 aromatic rings. The first-order valence-electron chi connectivity index (χ1n) is 11.7. The third-order valence-corrected chi connectivity index (χ3v) is 5.77. The topological polar surface area (TPSA) is 73.9 Å². The summed E-state index contributed by atoms with van der Waals surface area (Å²) in [5.41, 5.74) is 3.27. The quantitative estimate of drug-likeness (QED) is 0.592. The Morgan fingerprint density at radius 3 is 2.21 bits per heavy atom. The van der Waals surface area contributed by atoms with Gasteiger partial charge in [-0.05, 0) is 69.0 Å². The van der Waals surface area contributed by atoms with Crippen LogP contribution in [0.2, 0.25) is 0 Å². The molecule has 1 aliphatic rings. The van der Waals surface area contributed by atoms with Crippen LogP contribution in [0.4, 0.5) is 26.7 Å². The summed E-state index contributed by atoms with van der Waals surface area (Å²) in [7, 11) is 0. The van der Waals surface area contributed by atoms with Gasteiger partial charge in [0.05, 0.1) is 0 Å². The van der Waals surface area contributed by atoms with Gasteiger partial charge in [-0.3, -0.25) is 0 Å². The molecule has 1 unspecified atom stereocenters. The zero-order chi connectivity index (χ0) is 24.0. The Balaban J connectivity index is 1.53. The maximum Gasteiger partial charge on any atom is 0.410 e. The van der Waals surface area contributed by atoms with E-state index in [2.05, 4.69) is 35.4 Å². The number of carbonyl (C=O) groups excluding carboxylic acids is 2. The molecule has 7 nitrogen and oxygen atoms in total. The summed E-state index contributed by atoms with van der Waals surface area (Å²) < 4.78 is 5.46. The predicted molar refractivity (Wildman–Crippen MR) is 134 cm³/mol. The Labute approximate surface area is 197 Å². The van der Waals surface area contributed by atoms with Crippen LogP contribution in [0.1, 0.15) is 52.5 Å². The highest BCUT2D eigenvalue weighted by Crippen LogP contribution is 2.27. The van der Waals surface area contributed by atoms with E-state index in [0.717, 1.165) is 42.1 Å². The zero-order valence-electron chi connectivity index (χ0n) is 20.4. The molecule has 0 aromatic heterocycles. The summed E-state index contributed by atoms with van der Waals surface area (Å²) in [5.74, 6) is 0.372. The van der Waals surface area contributed by atoms with E-state index in [-0.39, 0.29) is 12.1 Å². The molecule has 0 aliphatic carbocycles. The van der Waals surface area contributed by atoms with Crippen LogP contribution in [0.15, 0.2) is 48.5 Å². The van der Waals surface area contributed by atoms with E-state index in [4.69, 9.17) is 4.74 Å². The number of nitrogens with zero attached hydrogens (tertiary/aromatic N) is 2. The van der Waals surface area contributed by atoms with Gasteiger partial charge in [-0.15, -0.1) is 0 Å². The van der Waals surface area contributed by atoms with Gasteiger partial charge in [0.1, 0.15) is 5.60 Å². The lowest BCUT2D eigenvalue weighted by Gasteiger charge is -2.36. The van der Waals surface area contributed by atoms with Gasteiger partial charge in [-0.2, -0.15) is 0 Å². The number of amides is 3. The number of benzene rings is 2. The van der Waals surface area contributed by atoms with Gasteiger partial charge < -0.3 is 25.2 Å². The highest BCUT2D eigenvalue weighted by Gasteiger charge is 2.26. The molecule has 1 heterocycles. The highest BCUT2D eigenvalue weighted by molar-refractivity contribution is 6.00. The van der Waals surface area contributed by atoms with Crippen molar-refractivity contribution in [3.8, 4) is 0 Å². The van der Waals surface area contributed by atoms with Crippen molar-refractivity contribution in [3.05, 3.63) is 54.1 Å². The van der Waals surface area contributed by atoms with Gasteiger partial charge in [0.15, 0.2) is 0 Å².